The quantitative estimate of drug-likeness (QED) is 0.232. The normalized spacial score (nSPS) is 10.8. The fourth-order valence-corrected chi connectivity index (χ4v) is 5.30. The summed E-state index contributed by atoms with van der Waals surface area (Å²) in [6.07, 6.45) is 4.11. The van der Waals surface area contributed by atoms with Gasteiger partial charge in [0.25, 0.3) is 5.56 Å². The van der Waals surface area contributed by atoms with Crippen LogP contribution in [0.25, 0.3) is 20.7 Å². The van der Waals surface area contributed by atoms with Crippen LogP contribution in [0, 0.1) is 11.3 Å². The summed E-state index contributed by atoms with van der Waals surface area (Å²) in [6, 6.07) is 6.18. The number of nitriles is 1. The summed E-state index contributed by atoms with van der Waals surface area (Å²) in [5.41, 5.74) is 0.963. The predicted octanol–water partition coefficient (Wildman–Crippen LogP) is 5.16. The average Bonchev–Trinajstić information content (AvgIpc) is 3.27. The van der Waals surface area contributed by atoms with E-state index in [1.54, 1.807) is 33.7 Å². The van der Waals surface area contributed by atoms with Gasteiger partial charge in [0.05, 0.1) is 11.5 Å². The zero-order chi connectivity index (χ0) is 17.6. The molecule has 0 radical (unpaired) electrons. The Labute approximate surface area is 158 Å². The second-order valence-electron chi connectivity index (χ2n) is 5.37. The molecule has 7 heteroatoms. The smallest absolute Gasteiger partial charge is 0.263 e. The van der Waals surface area contributed by atoms with E-state index >= 15 is 0 Å². The monoisotopic (exact) mass is 387 g/mol. The maximum absolute atomic E-state index is 13.1. The average molecular weight is 388 g/mol. The van der Waals surface area contributed by atoms with E-state index in [2.05, 4.69) is 12.6 Å². The van der Waals surface area contributed by atoms with E-state index in [4.69, 9.17) is 10.2 Å². The number of nitrogens with zero attached hydrogens (tertiary/aromatic N) is 3. The van der Waals surface area contributed by atoms with Gasteiger partial charge < -0.3 is 0 Å². The molecule has 0 saturated carbocycles. The molecule has 0 N–H and O–H groups in total. The Morgan fingerprint density at radius 2 is 2.28 bits per heavy atom. The van der Waals surface area contributed by atoms with Crippen molar-refractivity contribution in [3.63, 3.8) is 0 Å². The predicted molar refractivity (Wildman–Crippen MR) is 108 cm³/mol. The third-order valence-corrected chi connectivity index (χ3v) is 6.51. The summed E-state index contributed by atoms with van der Waals surface area (Å²) >= 11 is 4.72. The molecule has 0 saturated heterocycles. The van der Waals surface area contributed by atoms with Crippen molar-refractivity contribution < 1.29 is 0 Å². The summed E-state index contributed by atoms with van der Waals surface area (Å²) in [5, 5.41) is 14.1. The van der Waals surface area contributed by atoms with E-state index in [1.165, 1.54) is 11.3 Å². The van der Waals surface area contributed by atoms with Gasteiger partial charge in [0.15, 0.2) is 5.16 Å². The van der Waals surface area contributed by atoms with E-state index in [9.17, 15) is 4.79 Å². The highest BCUT2D eigenvalue weighted by Crippen LogP contribution is 2.34. The lowest BCUT2D eigenvalue weighted by molar-refractivity contribution is 0.672. The van der Waals surface area contributed by atoms with Crippen LogP contribution in [-0.4, -0.2) is 15.3 Å². The number of thioether (sulfide) groups is 1. The van der Waals surface area contributed by atoms with E-state index in [-0.39, 0.29) is 5.56 Å². The number of unbranched alkanes of at least 4 members (excludes halogenated alkanes) is 2. The molecule has 0 amide bonds. The molecule has 128 valence electrons. The maximum Gasteiger partial charge on any atom is 0.263 e. The largest absolute Gasteiger partial charge is 0.283 e. The number of thiophene rings is 2. The van der Waals surface area contributed by atoms with Crippen LogP contribution >= 0.6 is 34.4 Å². The zero-order valence-electron chi connectivity index (χ0n) is 13.6. The first-order chi connectivity index (χ1) is 12.3. The van der Waals surface area contributed by atoms with Gasteiger partial charge in [-0.15, -0.1) is 29.3 Å². The molecular weight excluding hydrogens is 370 g/mol. The molecule has 0 fully saturated rings. The first-order valence-corrected chi connectivity index (χ1v) is 10.7. The molecule has 3 heterocycles. The Morgan fingerprint density at radius 1 is 1.40 bits per heavy atom. The molecule has 4 nitrogen and oxygen atoms in total. The lowest BCUT2D eigenvalue weighted by atomic mass is 10.2. The highest BCUT2D eigenvalue weighted by molar-refractivity contribution is 7.99. The van der Waals surface area contributed by atoms with Gasteiger partial charge in [0.1, 0.15) is 4.83 Å². The Balaban J connectivity index is 1.98. The van der Waals surface area contributed by atoms with Gasteiger partial charge in [0.2, 0.25) is 0 Å². The van der Waals surface area contributed by atoms with Crippen molar-refractivity contribution >= 4 is 44.7 Å². The first kappa shape index (κ1) is 17.9. The molecule has 0 spiro atoms. The number of rotatable bonds is 8. The molecule has 3 rings (SSSR count). The summed E-state index contributed by atoms with van der Waals surface area (Å²) in [7, 11) is 0. The molecule has 0 unspecified atom stereocenters. The number of aromatic nitrogens is 2. The number of fused-ring (bicyclic) bond motifs is 1. The topological polar surface area (TPSA) is 58.7 Å². The standard InChI is InChI=1S/C18H17N3OS3/c1-2-9-21-17(22)15-13(14-7-6-11-23-14)12-25-16(15)20-18(21)24-10-5-3-4-8-19/h2,6-7,11-12H,1,3-5,9-10H2. The molecule has 0 atom stereocenters. The van der Waals surface area contributed by atoms with E-state index in [0.29, 0.717) is 18.4 Å². The maximum atomic E-state index is 13.1. The van der Waals surface area contributed by atoms with Gasteiger partial charge >= 0.3 is 0 Å². The Hall–Kier alpha value is -1.88. The molecule has 0 aliphatic heterocycles. The van der Waals surface area contributed by atoms with Gasteiger partial charge in [-0.25, -0.2) is 4.98 Å². The van der Waals surface area contributed by atoms with Crippen LogP contribution in [0.15, 0.2) is 45.5 Å². The van der Waals surface area contributed by atoms with Gasteiger partial charge in [-0.05, 0) is 24.3 Å². The van der Waals surface area contributed by atoms with Crippen molar-refractivity contribution in [3.05, 3.63) is 45.9 Å². The number of allylic oxidation sites excluding steroid dienone is 1. The van der Waals surface area contributed by atoms with Crippen LogP contribution < -0.4 is 5.56 Å². The second kappa shape index (κ2) is 8.48. The van der Waals surface area contributed by atoms with Crippen LogP contribution in [0.1, 0.15) is 19.3 Å². The summed E-state index contributed by atoms with van der Waals surface area (Å²) in [6.45, 7) is 4.22. The first-order valence-electron chi connectivity index (χ1n) is 7.92. The molecule has 0 aromatic carbocycles. The summed E-state index contributed by atoms with van der Waals surface area (Å²) in [5.74, 6) is 0.847. The lowest BCUT2D eigenvalue weighted by Crippen LogP contribution is -2.22. The van der Waals surface area contributed by atoms with Crippen molar-refractivity contribution in [1.29, 1.82) is 5.26 Å². The lowest BCUT2D eigenvalue weighted by Gasteiger charge is -2.10. The third kappa shape index (κ3) is 3.87. The zero-order valence-corrected chi connectivity index (χ0v) is 16.1. The Kier molecular flexibility index (Phi) is 6.08. The highest BCUT2D eigenvalue weighted by Gasteiger charge is 2.17. The second-order valence-corrected chi connectivity index (χ2v) is 8.24. The summed E-state index contributed by atoms with van der Waals surface area (Å²) < 4.78 is 1.70. The van der Waals surface area contributed by atoms with E-state index in [0.717, 1.165) is 39.0 Å². The van der Waals surface area contributed by atoms with Crippen molar-refractivity contribution in [2.24, 2.45) is 0 Å². The minimum Gasteiger partial charge on any atom is -0.283 e. The molecule has 0 bridgehead atoms. The molecule has 3 aromatic rings. The van der Waals surface area contributed by atoms with Crippen molar-refractivity contribution in [2.75, 3.05) is 5.75 Å². The highest BCUT2D eigenvalue weighted by atomic mass is 32.2. The van der Waals surface area contributed by atoms with Crippen LogP contribution in [-0.2, 0) is 6.54 Å². The van der Waals surface area contributed by atoms with Crippen LogP contribution in [0.4, 0.5) is 0 Å². The Morgan fingerprint density at radius 3 is 3.00 bits per heavy atom. The fourth-order valence-electron chi connectivity index (χ4n) is 2.49. The minimum atomic E-state index is -0.00549. The van der Waals surface area contributed by atoms with E-state index in [1.807, 2.05) is 22.9 Å². The third-order valence-electron chi connectivity index (χ3n) is 3.67. The molecule has 25 heavy (non-hydrogen) atoms. The van der Waals surface area contributed by atoms with Gasteiger partial charge in [0, 0.05) is 34.5 Å². The molecule has 0 aliphatic carbocycles. The van der Waals surface area contributed by atoms with Gasteiger partial charge in [-0.2, -0.15) is 5.26 Å². The van der Waals surface area contributed by atoms with Crippen molar-refractivity contribution in [2.45, 2.75) is 31.0 Å². The van der Waals surface area contributed by atoms with Gasteiger partial charge in [-0.3, -0.25) is 9.36 Å². The van der Waals surface area contributed by atoms with Crippen LogP contribution in [0.5, 0.6) is 0 Å². The fraction of sp³-hybridized carbons (Fsp3) is 0.278. The SMILES string of the molecule is C=CCn1c(SCCCCC#N)nc2scc(-c3cccs3)c2c1=O. The van der Waals surface area contributed by atoms with Gasteiger partial charge in [-0.1, -0.05) is 23.9 Å². The van der Waals surface area contributed by atoms with Crippen molar-refractivity contribution in [3.8, 4) is 16.5 Å². The summed E-state index contributed by atoms with van der Waals surface area (Å²) in [4.78, 5) is 19.7. The molecular formula is C18H17N3OS3. The Bertz CT molecular complexity index is 964. The molecule has 3 aromatic heterocycles. The number of hydrogen-bond acceptors (Lipinski definition) is 6. The molecule has 0 aliphatic rings. The van der Waals surface area contributed by atoms with E-state index < -0.39 is 0 Å². The number of hydrogen-bond donors (Lipinski definition) is 0. The van der Waals surface area contributed by atoms with Crippen molar-refractivity contribution in [1.82, 2.24) is 9.55 Å². The van der Waals surface area contributed by atoms with Crippen LogP contribution in [0.2, 0.25) is 0 Å². The van der Waals surface area contributed by atoms with Crippen LogP contribution in [0.3, 0.4) is 0 Å². The minimum absolute atomic E-state index is 0.00549.